The second-order valence-corrected chi connectivity index (χ2v) is 7.85. The Bertz CT molecular complexity index is 756. The maximum Gasteiger partial charge on any atom is 0.410 e. The Balaban J connectivity index is 2.10. The minimum Gasteiger partial charge on any atom is -0.508 e. The smallest absolute Gasteiger partial charge is 0.410 e. The molecule has 2 aromatic rings. The fourth-order valence-corrected chi connectivity index (χ4v) is 2.74. The average Bonchev–Trinajstić information content (AvgIpc) is 2.58. The molecule has 0 aliphatic rings. The zero-order valence-electron chi connectivity index (χ0n) is 15.9. The molecule has 0 heterocycles. The number of rotatable bonds is 6. The van der Waals surface area contributed by atoms with Crippen molar-refractivity contribution >= 4 is 17.7 Å². The molecule has 0 unspecified atom stereocenters. The molecule has 0 radical (unpaired) electrons. The lowest BCUT2D eigenvalue weighted by atomic mass is 10.1. The Morgan fingerprint density at radius 3 is 2.44 bits per heavy atom. The zero-order valence-corrected chi connectivity index (χ0v) is 16.6. The second kappa shape index (κ2) is 9.11. The number of phenols is 1. The van der Waals surface area contributed by atoms with Crippen LogP contribution in [0.1, 0.15) is 38.0 Å². The molecule has 2 N–H and O–H groups in total. The number of phenolic OH excluding ortho intramolecular Hbond substituents is 1. The highest BCUT2D eigenvalue weighted by molar-refractivity contribution is 6.30. The van der Waals surface area contributed by atoms with Gasteiger partial charge >= 0.3 is 6.09 Å². The molecule has 0 aliphatic carbocycles. The summed E-state index contributed by atoms with van der Waals surface area (Å²) in [5.41, 5.74) is 0.980. The van der Waals surface area contributed by atoms with E-state index in [0.717, 1.165) is 5.56 Å². The van der Waals surface area contributed by atoms with Gasteiger partial charge in [-0.3, -0.25) is 0 Å². The van der Waals surface area contributed by atoms with E-state index in [4.69, 9.17) is 16.3 Å². The van der Waals surface area contributed by atoms with Crippen LogP contribution < -0.4 is 0 Å². The van der Waals surface area contributed by atoms with Crippen molar-refractivity contribution in [1.29, 1.82) is 0 Å². The molecule has 0 saturated carbocycles. The lowest BCUT2D eigenvalue weighted by molar-refractivity contribution is 0.0147. The summed E-state index contributed by atoms with van der Waals surface area (Å²) in [6.45, 7) is 5.87. The standard InChI is InChI=1S/C21H26ClNO4/c1-21(2,3)27-20(26)23(12-11-15-7-9-18(24)10-8-15)14-19(25)16-5-4-6-17(22)13-16/h4-10,13,19,24-25H,11-12,14H2,1-3H3/t19-/m0/s1. The second-order valence-electron chi connectivity index (χ2n) is 7.41. The summed E-state index contributed by atoms with van der Waals surface area (Å²) < 4.78 is 5.48. The van der Waals surface area contributed by atoms with Crippen molar-refractivity contribution in [2.24, 2.45) is 0 Å². The number of hydrogen-bond acceptors (Lipinski definition) is 4. The first kappa shape index (κ1) is 21.1. The number of aromatic hydroxyl groups is 1. The molecular weight excluding hydrogens is 366 g/mol. The molecule has 0 aromatic heterocycles. The van der Waals surface area contributed by atoms with Gasteiger partial charge in [-0.25, -0.2) is 4.79 Å². The highest BCUT2D eigenvalue weighted by Gasteiger charge is 2.24. The molecule has 146 valence electrons. The monoisotopic (exact) mass is 391 g/mol. The normalized spacial score (nSPS) is 12.5. The van der Waals surface area contributed by atoms with E-state index in [9.17, 15) is 15.0 Å². The molecule has 0 bridgehead atoms. The van der Waals surface area contributed by atoms with E-state index >= 15 is 0 Å². The molecule has 0 saturated heterocycles. The van der Waals surface area contributed by atoms with E-state index < -0.39 is 17.8 Å². The van der Waals surface area contributed by atoms with Crippen molar-refractivity contribution in [3.8, 4) is 5.75 Å². The van der Waals surface area contributed by atoms with E-state index in [0.29, 0.717) is 23.6 Å². The van der Waals surface area contributed by atoms with Crippen LogP contribution in [-0.4, -0.2) is 39.9 Å². The number of carbonyl (C=O) groups excluding carboxylic acids is 1. The maximum atomic E-state index is 12.6. The first-order chi connectivity index (χ1) is 12.6. The summed E-state index contributed by atoms with van der Waals surface area (Å²) in [4.78, 5) is 14.1. The number of halogens is 1. The van der Waals surface area contributed by atoms with Crippen LogP contribution in [0.15, 0.2) is 48.5 Å². The van der Waals surface area contributed by atoms with Gasteiger partial charge in [0.25, 0.3) is 0 Å². The van der Waals surface area contributed by atoms with Crippen molar-refractivity contribution in [2.45, 2.75) is 38.9 Å². The van der Waals surface area contributed by atoms with Crippen LogP contribution in [0.3, 0.4) is 0 Å². The molecule has 5 nitrogen and oxygen atoms in total. The highest BCUT2D eigenvalue weighted by atomic mass is 35.5. The predicted molar refractivity (Wildman–Crippen MR) is 106 cm³/mol. The third kappa shape index (κ3) is 7.12. The SMILES string of the molecule is CC(C)(C)OC(=O)N(CCc1ccc(O)cc1)C[C@H](O)c1cccc(Cl)c1. The third-order valence-corrected chi connectivity index (χ3v) is 4.12. The van der Waals surface area contributed by atoms with Gasteiger partial charge in [-0.1, -0.05) is 35.9 Å². The molecule has 0 aliphatic heterocycles. The van der Waals surface area contributed by atoms with Crippen molar-refractivity contribution in [2.75, 3.05) is 13.1 Å². The minimum absolute atomic E-state index is 0.0906. The van der Waals surface area contributed by atoms with Gasteiger partial charge in [0.2, 0.25) is 0 Å². The Kier molecular flexibility index (Phi) is 7.11. The van der Waals surface area contributed by atoms with Crippen LogP contribution >= 0.6 is 11.6 Å². The molecule has 0 spiro atoms. The molecule has 27 heavy (non-hydrogen) atoms. The predicted octanol–water partition coefficient (Wildman–Crippen LogP) is 4.56. The van der Waals surface area contributed by atoms with Crippen LogP contribution in [0.5, 0.6) is 5.75 Å². The molecule has 2 rings (SSSR count). The quantitative estimate of drug-likeness (QED) is 0.757. The van der Waals surface area contributed by atoms with Crippen LogP contribution in [-0.2, 0) is 11.2 Å². The van der Waals surface area contributed by atoms with E-state index in [-0.39, 0.29) is 12.3 Å². The zero-order chi connectivity index (χ0) is 20.0. The number of amides is 1. The van der Waals surface area contributed by atoms with Crippen molar-refractivity contribution in [3.63, 3.8) is 0 Å². The summed E-state index contributed by atoms with van der Waals surface area (Å²) in [5.74, 6) is 0.194. The van der Waals surface area contributed by atoms with Gasteiger partial charge in [0, 0.05) is 11.6 Å². The number of benzene rings is 2. The van der Waals surface area contributed by atoms with Gasteiger partial charge in [0.15, 0.2) is 0 Å². The van der Waals surface area contributed by atoms with Gasteiger partial charge in [0.05, 0.1) is 12.6 Å². The number of aliphatic hydroxyl groups excluding tert-OH is 1. The van der Waals surface area contributed by atoms with Crippen molar-refractivity contribution < 1.29 is 19.7 Å². The fourth-order valence-electron chi connectivity index (χ4n) is 2.54. The summed E-state index contributed by atoms with van der Waals surface area (Å²) in [5, 5.41) is 20.5. The number of nitrogens with zero attached hydrogens (tertiary/aromatic N) is 1. The lowest BCUT2D eigenvalue weighted by Crippen LogP contribution is -2.40. The minimum atomic E-state index is -0.879. The van der Waals surface area contributed by atoms with Crippen LogP contribution in [0.2, 0.25) is 5.02 Å². The summed E-state index contributed by atoms with van der Waals surface area (Å²) >= 11 is 5.99. The molecule has 0 fully saturated rings. The van der Waals surface area contributed by atoms with Crippen molar-refractivity contribution in [1.82, 2.24) is 4.90 Å². The van der Waals surface area contributed by atoms with Gasteiger partial charge in [-0.2, -0.15) is 0 Å². The fraction of sp³-hybridized carbons (Fsp3) is 0.381. The highest BCUT2D eigenvalue weighted by Crippen LogP contribution is 2.20. The topological polar surface area (TPSA) is 70.0 Å². The van der Waals surface area contributed by atoms with E-state index in [1.54, 1.807) is 69.3 Å². The van der Waals surface area contributed by atoms with E-state index in [1.807, 2.05) is 0 Å². The summed E-state index contributed by atoms with van der Waals surface area (Å²) in [6.07, 6.45) is -0.791. The van der Waals surface area contributed by atoms with E-state index in [1.165, 1.54) is 4.90 Å². The first-order valence-corrected chi connectivity index (χ1v) is 9.21. The number of ether oxygens (including phenoxy) is 1. The Morgan fingerprint density at radius 1 is 1.19 bits per heavy atom. The maximum absolute atomic E-state index is 12.6. The largest absolute Gasteiger partial charge is 0.508 e. The number of carbonyl (C=O) groups is 1. The van der Waals surface area contributed by atoms with Gasteiger partial charge in [-0.15, -0.1) is 0 Å². The van der Waals surface area contributed by atoms with E-state index in [2.05, 4.69) is 0 Å². The first-order valence-electron chi connectivity index (χ1n) is 8.83. The van der Waals surface area contributed by atoms with Crippen LogP contribution in [0.4, 0.5) is 4.79 Å². The third-order valence-electron chi connectivity index (χ3n) is 3.89. The Hall–Kier alpha value is -2.24. The number of hydrogen-bond donors (Lipinski definition) is 2. The summed E-state index contributed by atoms with van der Waals surface area (Å²) in [6, 6.07) is 13.8. The average molecular weight is 392 g/mol. The van der Waals surface area contributed by atoms with Crippen molar-refractivity contribution in [3.05, 3.63) is 64.7 Å². The van der Waals surface area contributed by atoms with Gasteiger partial charge in [-0.05, 0) is 62.6 Å². The van der Waals surface area contributed by atoms with Crippen LogP contribution in [0, 0.1) is 0 Å². The van der Waals surface area contributed by atoms with Crippen LogP contribution in [0.25, 0.3) is 0 Å². The molecular formula is C21H26ClNO4. The van der Waals surface area contributed by atoms with Gasteiger partial charge in [0.1, 0.15) is 11.4 Å². The molecule has 1 amide bonds. The molecule has 1 atom stereocenters. The Labute approximate surface area is 165 Å². The molecule has 6 heteroatoms. The number of aliphatic hydroxyl groups is 1. The summed E-state index contributed by atoms with van der Waals surface area (Å²) in [7, 11) is 0. The van der Waals surface area contributed by atoms with Gasteiger partial charge < -0.3 is 19.8 Å². The lowest BCUT2D eigenvalue weighted by Gasteiger charge is -2.29. The Morgan fingerprint density at radius 2 is 1.85 bits per heavy atom. The molecule has 2 aromatic carbocycles.